The first kappa shape index (κ1) is 20.4. The maximum atomic E-state index is 13.5. The van der Waals surface area contributed by atoms with Crippen molar-refractivity contribution in [2.24, 2.45) is 5.92 Å². The summed E-state index contributed by atoms with van der Waals surface area (Å²) in [4.78, 5) is 17.2. The number of carbonyl (C=O) groups excluding carboxylic acids is 1. The number of halogens is 1. The molecule has 2 aromatic heterocycles. The van der Waals surface area contributed by atoms with Crippen LogP contribution in [0.4, 0.5) is 4.39 Å². The Balaban J connectivity index is 1.50. The van der Waals surface area contributed by atoms with E-state index >= 15 is 0 Å². The summed E-state index contributed by atoms with van der Waals surface area (Å²) in [5, 5.41) is 3.64. The summed E-state index contributed by atoms with van der Waals surface area (Å²) in [5.74, 6) is -0.839. The minimum atomic E-state index is -0.384. The Morgan fingerprint density at radius 3 is 2.70 bits per heavy atom. The molecule has 5 heteroatoms. The fraction of sp³-hybridized carbons (Fsp3) is 0.240. The Kier molecular flexibility index (Phi) is 6.00. The molecule has 0 spiro atoms. The number of carbonyl (C=O) groups is 1. The van der Waals surface area contributed by atoms with Crippen LogP contribution >= 0.6 is 11.3 Å². The van der Waals surface area contributed by atoms with Gasteiger partial charge in [0.25, 0.3) is 0 Å². The van der Waals surface area contributed by atoms with Crippen LogP contribution in [-0.2, 0) is 22.6 Å². The summed E-state index contributed by atoms with van der Waals surface area (Å²) in [6.45, 7) is 4.22. The lowest BCUT2D eigenvalue weighted by molar-refractivity contribution is -0.148. The van der Waals surface area contributed by atoms with Gasteiger partial charge in [0, 0.05) is 11.1 Å². The Morgan fingerprint density at radius 1 is 1.13 bits per heavy atom. The van der Waals surface area contributed by atoms with Crippen molar-refractivity contribution in [1.82, 2.24) is 4.98 Å². The van der Waals surface area contributed by atoms with Gasteiger partial charge in [-0.1, -0.05) is 50.2 Å². The molecule has 0 aliphatic rings. The third kappa shape index (κ3) is 4.31. The van der Waals surface area contributed by atoms with Crippen molar-refractivity contribution >= 4 is 28.1 Å². The highest BCUT2D eigenvalue weighted by Crippen LogP contribution is 2.37. The van der Waals surface area contributed by atoms with Gasteiger partial charge < -0.3 is 9.72 Å². The van der Waals surface area contributed by atoms with Crippen molar-refractivity contribution in [3.8, 4) is 0 Å². The largest absolute Gasteiger partial charge is 0.459 e. The molecule has 0 saturated heterocycles. The average molecular weight is 422 g/mol. The second-order valence-electron chi connectivity index (χ2n) is 7.80. The molecule has 0 saturated carbocycles. The Labute approximate surface area is 179 Å². The highest BCUT2D eigenvalue weighted by Gasteiger charge is 2.29. The predicted octanol–water partition coefficient (Wildman–Crippen LogP) is 6.44. The van der Waals surface area contributed by atoms with Gasteiger partial charge in [0.1, 0.15) is 12.4 Å². The summed E-state index contributed by atoms with van der Waals surface area (Å²) < 4.78 is 19.3. The summed E-state index contributed by atoms with van der Waals surface area (Å²) in [7, 11) is 0. The predicted molar refractivity (Wildman–Crippen MR) is 119 cm³/mol. The lowest BCUT2D eigenvalue weighted by Crippen LogP contribution is -2.20. The number of hydrogen-bond acceptors (Lipinski definition) is 3. The van der Waals surface area contributed by atoms with E-state index < -0.39 is 0 Å². The maximum Gasteiger partial charge on any atom is 0.314 e. The highest BCUT2D eigenvalue weighted by atomic mass is 32.1. The molecule has 0 amide bonds. The molecule has 30 heavy (non-hydrogen) atoms. The Bertz CT molecular complexity index is 1150. The van der Waals surface area contributed by atoms with Crippen LogP contribution in [0.3, 0.4) is 0 Å². The molecule has 154 valence electrons. The van der Waals surface area contributed by atoms with E-state index in [1.807, 2.05) is 49.7 Å². The molecule has 0 bridgehead atoms. The van der Waals surface area contributed by atoms with Gasteiger partial charge in [-0.25, -0.2) is 4.39 Å². The van der Waals surface area contributed by atoms with E-state index in [1.165, 1.54) is 29.0 Å². The zero-order chi connectivity index (χ0) is 21.1. The van der Waals surface area contributed by atoms with E-state index in [1.54, 1.807) is 6.07 Å². The number of aromatic nitrogens is 1. The van der Waals surface area contributed by atoms with Gasteiger partial charge in [-0.15, -0.1) is 11.3 Å². The maximum absolute atomic E-state index is 13.5. The standard InChI is InChI=1S/C25H24FNO2S/c1-16(2)23(24-21-9-8-20(26)13-19(21)15-30-24)25(28)29-14-22-18(10-11-27-22)12-17-6-4-3-5-7-17/h3-11,13,15-16,23,27H,12,14H2,1-2H3. The molecule has 1 N–H and O–H groups in total. The van der Waals surface area contributed by atoms with Gasteiger partial charge >= 0.3 is 5.97 Å². The van der Waals surface area contributed by atoms with E-state index in [9.17, 15) is 9.18 Å². The smallest absolute Gasteiger partial charge is 0.314 e. The molecule has 0 fully saturated rings. The molecule has 2 heterocycles. The topological polar surface area (TPSA) is 42.1 Å². The number of ether oxygens (including phenoxy) is 1. The number of benzene rings is 2. The summed E-state index contributed by atoms with van der Waals surface area (Å²) >= 11 is 1.49. The fourth-order valence-corrected chi connectivity index (χ4v) is 5.03. The molecular weight excluding hydrogens is 397 g/mol. The number of hydrogen-bond donors (Lipinski definition) is 1. The van der Waals surface area contributed by atoms with Crippen LogP contribution < -0.4 is 0 Å². The summed E-state index contributed by atoms with van der Waals surface area (Å²) in [6, 6.07) is 16.9. The van der Waals surface area contributed by atoms with Crippen molar-refractivity contribution in [2.75, 3.05) is 0 Å². The number of aromatic amines is 1. The molecule has 4 rings (SSSR count). The Hall–Kier alpha value is -2.92. The molecule has 2 aromatic carbocycles. The molecule has 0 aliphatic carbocycles. The van der Waals surface area contributed by atoms with Crippen molar-refractivity contribution in [3.05, 3.63) is 93.7 Å². The minimum absolute atomic E-state index is 0.0665. The second kappa shape index (κ2) is 8.84. The molecular formula is C25H24FNO2S. The van der Waals surface area contributed by atoms with Crippen molar-refractivity contribution in [2.45, 2.75) is 32.8 Å². The van der Waals surface area contributed by atoms with Gasteiger partial charge in [-0.2, -0.15) is 0 Å². The summed E-state index contributed by atoms with van der Waals surface area (Å²) in [6.07, 6.45) is 2.66. The first-order valence-corrected chi connectivity index (χ1v) is 10.9. The number of thiophene rings is 1. The SMILES string of the molecule is CC(C)C(C(=O)OCc1[nH]ccc1Cc1ccccc1)c1scc2cc(F)ccc12. The van der Waals surface area contributed by atoms with Crippen LogP contribution in [0.25, 0.3) is 10.8 Å². The number of esters is 1. The average Bonchev–Trinajstić information content (AvgIpc) is 3.34. The van der Waals surface area contributed by atoms with Gasteiger partial charge in [-0.3, -0.25) is 4.79 Å². The van der Waals surface area contributed by atoms with Gasteiger partial charge in [0.15, 0.2) is 0 Å². The fourth-order valence-electron chi connectivity index (χ4n) is 3.75. The molecule has 1 atom stereocenters. The first-order valence-electron chi connectivity index (χ1n) is 10.0. The first-order chi connectivity index (χ1) is 14.5. The van der Waals surface area contributed by atoms with Crippen LogP contribution in [0, 0.1) is 11.7 Å². The van der Waals surface area contributed by atoms with Gasteiger partial charge in [0.05, 0.1) is 11.6 Å². The third-order valence-corrected chi connectivity index (χ3v) is 6.42. The third-order valence-electron chi connectivity index (χ3n) is 5.32. The van der Waals surface area contributed by atoms with Crippen LogP contribution in [0.15, 0.2) is 66.2 Å². The van der Waals surface area contributed by atoms with Gasteiger partial charge in [0.2, 0.25) is 0 Å². The number of fused-ring (bicyclic) bond motifs is 1. The van der Waals surface area contributed by atoms with Crippen molar-refractivity contribution in [1.29, 1.82) is 0 Å². The van der Waals surface area contributed by atoms with E-state index in [0.29, 0.717) is 0 Å². The second-order valence-corrected chi connectivity index (χ2v) is 8.72. The van der Waals surface area contributed by atoms with Crippen LogP contribution in [-0.4, -0.2) is 11.0 Å². The normalized spacial score (nSPS) is 12.4. The van der Waals surface area contributed by atoms with E-state index in [-0.39, 0.29) is 30.2 Å². The zero-order valence-electron chi connectivity index (χ0n) is 17.0. The quantitative estimate of drug-likeness (QED) is 0.349. The molecule has 0 aliphatic heterocycles. The molecule has 3 nitrogen and oxygen atoms in total. The number of nitrogens with one attached hydrogen (secondary N) is 1. The minimum Gasteiger partial charge on any atom is -0.459 e. The van der Waals surface area contributed by atoms with Crippen LogP contribution in [0.5, 0.6) is 0 Å². The monoisotopic (exact) mass is 421 g/mol. The lowest BCUT2D eigenvalue weighted by Gasteiger charge is -2.19. The lowest BCUT2D eigenvalue weighted by atomic mass is 9.92. The van der Waals surface area contributed by atoms with Crippen molar-refractivity contribution in [3.63, 3.8) is 0 Å². The van der Waals surface area contributed by atoms with Crippen molar-refractivity contribution < 1.29 is 13.9 Å². The number of H-pyrrole nitrogens is 1. The highest BCUT2D eigenvalue weighted by molar-refractivity contribution is 7.11. The van der Waals surface area contributed by atoms with Gasteiger partial charge in [-0.05, 0) is 57.8 Å². The summed E-state index contributed by atoms with van der Waals surface area (Å²) in [5.41, 5.74) is 3.24. The van der Waals surface area contributed by atoms with E-state index in [0.717, 1.165) is 33.3 Å². The van der Waals surface area contributed by atoms with Crippen LogP contribution in [0.1, 0.15) is 41.5 Å². The van der Waals surface area contributed by atoms with E-state index in [2.05, 4.69) is 17.1 Å². The zero-order valence-corrected chi connectivity index (χ0v) is 17.8. The van der Waals surface area contributed by atoms with Crippen LogP contribution in [0.2, 0.25) is 0 Å². The van der Waals surface area contributed by atoms with E-state index in [4.69, 9.17) is 4.74 Å². The number of rotatable bonds is 7. The molecule has 0 radical (unpaired) electrons. The Morgan fingerprint density at radius 2 is 1.93 bits per heavy atom. The molecule has 1 unspecified atom stereocenters. The molecule has 4 aromatic rings.